The van der Waals surface area contributed by atoms with Gasteiger partial charge in [-0.15, -0.1) is 11.3 Å². The van der Waals surface area contributed by atoms with Crippen LogP contribution in [0.5, 0.6) is 0 Å². The van der Waals surface area contributed by atoms with Gasteiger partial charge in [-0.25, -0.2) is 9.37 Å². The number of benzene rings is 1. The lowest BCUT2D eigenvalue weighted by atomic mass is 10.1. The molecule has 1 aromatic carbocycles. The largest absolute Gasteiger partial charge is 0.397 e. The Kier molecular flexibility index (Phi) is 4.10. The van der Waals surface area contributed by atoms with Gasteiger partial charge in [-0.1, -0.05) is 0 Å². The molecule has 1 aliphatic heterocycles. The first-order valence-corrected chi connectivity index (χ1v) is 8.92. The zero-order valence-corrected chi connectivity index (χ0v) is 14.3. The number of fused-ring (bicyclic) bond motifs is 2. The van der Waals surface area contributed by atoms with Crippen LogP contribution in [0.2, 0.25) is 0 Å². The van der Waals surface area contributed by atoms with E-state index in [2.05, 4.69) is 16.7 Å². The van der Waals surface area contributed by atoms with E-state index in [1.54, 1.807) is 0 Å². The Labute approximate surface area is 148 Å². The van der Waals surface area contributed by atoms with E-state index >= 15 is 0 Å². The van der Waals surface area contributed by atoms with E-state index in [4.69, 9.17) is 10.7 Å². The standard InChI is InChI=1S/C18H17FN4OS/c19-11-1-3-12(4-2-11)22-17(24)16-15(20)13-9-10-5-7-21-8-6-14(10)23-18(13)25-16/h1-4,9,21H,5-8,20H2,(H,22,24). The van der Waals surface area contributed by atoms with Gasteiger partial charge in [0, 0.05) is 29.7 Å². The second kappa shape index (κ2) is 6.42. The molecule has 0 saturated carbocycles. The number of nitrogens with one attached hydrogen (secondary N) is 2. The molecule has 7 heteroatoms. The van der Waals surface area contributed by atoms with Crippen LogP contribution in [-0.2, 0) is 12.8 Å². The third-order valence-corrected chi connectivity index (χ3v) is 5.42. The molecule has 2 aromatic heterocycles. The molecule has 25 heavy (non-hydrogen) atoms. The van der Waals surface area contributed by atoms with Crippen LogP contribution in [0.15, 0.2) is 30.3 Å². The van der Waals surface area contributed by atoms with Gasteiger partial charge in [0.15, 0.2) is 0 Å². The summed E-state index contributed by atoms with van der Waals surface area (Å²) in [4.78, 5) is 18.5. The Balaban J connectivity index is 1.68. The number of nitrogens with zero attached hydrogens (tertiary/aromatic N) is 1. The fourth-order valence-corrected chi connectivity index (χ4v) is 3.99. The molecule has 3 aromatic rings. The number of aromatic nitrogens is 1. The van der Waals surface area contributed by atoms with E-state index in [-0.39, 0.29) is 11.7 Å². The number of hydrogen-bond donors (Lipinski definition) is 3. The van der Waals surface area contributed by atoms with E-state index in [9.17, 15) is 9.18 Å². The molecule has 1 aliphatic rings. The molecule has 0 aliphatic carbocycles. The van der Waals surface area contributed by atoms with Crippen molar-refractivity contribution < 1.29 is 9.18 Å². The molecule has 4 N–H and O–H groups in total. The van der Waals surface area contributed by atoms with E-state index in [1.165, 1.54) is 41.2 Å². The third kappa shape index (κ3) is 3.08. The Hall–Kier alpha value is -2.51. The van der Waals surface area contributed by atoms with Crippen molar-refractivity contribution in [3.8, 4) is 0 Å². The Bertz CT molecular complexity index is 952. The van der Waals surface area contributed by atoms with Crippen molar-refractivity contribution in [2.75, 3.05) is 24.1 Å². The molecule has 0 saturated heterocycles. The number of halogens is 1. The molecular weight excluding hydrogens is 339 g/mol. The Morgan fingerprint density at radius 2 is 2.00 bits per heavy atom. The maximum atomic E-state index is 13.0. The van der Waals surface area contributed by atoms with E-state index in [0.29, 0.717) is 16.3 Å². The van der Waals surface area contributed by atoms with Gasteiger partial charge < -0.3 is 16.4 Å². The molecule has 5 nitrogen and oxygen atoms in total. The molecule has 0 fully saturated rings. The number of carbonyl (C=O) groups excluding carboxylic acids is 1. The summed E-state index contributed by atoms with van der Waals surface area (Å²) in [6.45, 7) is 1.83. The molecule has 0 atom stereocenters. The zero-order chi connectivity index (χ0) is 17.4. The fourth-order valence-electron chi connectivity index (χ4n) is 3.00. The summed E-state index contributed by atoms with van der Waals surface area (Å²) in [6, 6.07) is 7.70. The molecule has 0 radical (unpaired) electrons. The van der Waals surface area contributed by atoms with Crippen molar-refractivity contribution >= 4 is 38.8 Å². The van der Waals surface area contributed by atoms with E-state index in [1.807, 2.05) is 0 Å². The summed E-state index contributed by atoms with van der Waals surface area (Å²) in [5.41, 5.74) is 9.46. The second-order valence-electron chi connectivity index (χ2n) is 6.00. The second-order valence-corrected chi connectivity index (χ2v) is 7.00. The quantitative estimate of drug-likeness (QED) is 0.659. The number of pyridine rings is 1. The Morgan fingerprint density at radius 1 is 1.24 bits per heavy atom. The lowest BCUT2D eigenvalue weighted by Gasteiger charge is -2.05. The Morgan fingerprint density at radius 3 is 2.80 bits per heavy atom. The minimum Gasteiger partial charge on any atom is -0.397 e. The molecule has 128 valence electrons. The smallest absolute Gasteiger partial charge is 0.267 e. The maximum absolute atomic E-state index is 13.0. The van der Waals surface area contributed by atoms with E-state index < -0.39 is 0 Å². The number of nitrogen functional groups attached to an aromatic ring is 1. The first-order valence-electron chi connectivity index (χ1n) is 8.10. The summed E-state index contributed by atoms with van der Waals surface area (Å²) >= 11 is 1.29. The van der Waals surface area contributed by atoms with E-state index in [0.717, 1.165) is 41.8 Å². The van der Waals surface area contributed by atoms with Gasteiger partial charge in [-0.05, 0) is 48.9 Å². The van der Waals surface area contributed by atoms with Crippen LogP contribution in [0.25, 0.3) is 10.2 Å². The van der Waals surface area contributed by atoms with Gasteiger partial charge in [0.2, 0.25) is 0 Å². The first kappa shape index (κ1) is 16.0. The monoisotopic (exact) mass is 356 g/mol. The van der Waals surface area contributed by atoms with Crippen LogP contribution in [-0.4, -0.2) is 24.0 Å². The van der Waals surface area contributed by atoms with Crippen molar-refractivity contribution in [2.24, 2.45) is 0 Å². The van der Waals surface area contributed by atoms with Crippen molar-refractivity contribution in [1.82, 2.24) is 10.3 Å². The zero-order valence-electron chi connectivity index (χ0n) is 13.4. The number of anilines is 2. The van der Waals surface area contributed by atoms with Crippen LogP contribution < -0.4 is 16.4 Å². The molecule has 0 bridgehead atoms. The molecule has 0 spiro atoms. The molecule has 0 unspecified atom stereocenters. The predicted molar refractivity (Wildman–Crippen MR) is 98.7 cm³/mol. The van der Waals surface area contributed by atoms with Gasteiger partial charge in [-0.3, -0.25) is 4.79 Å². The molecular formula is C18H17FN4OS. The highest BCUT2D eigenvalue weighted by Gasteiger charge is 2.20. The lowest BCUT2D eigenvalue weighted by molar-refractivity contribution is 0.103. The highest BCUT2D eigenvalue weighted by atomic mass is 32.1. The lowest BCUT2D eigenvalue weighted by Crippen LogP contribution is -2.16. The minimum absolute atomic E-state index is 0.302. The van der Waals surface area contributed by atoms with Crippen molar-refractivity contribution in [2.45, 2.75) is 12.8 Å². The van der Waals surface area contributed by atoms with Crippen molar-refractivity contribution in [3.63, 3.8) is 0 Å². The number of carbonyl (C=O) groups is 1. The maximum Gasteiger partial charge on any atom is 0.267 e. The number of amides is 1. The number of hydrogen-bond acceptors (Lipinski definition) is 5. The van der Waals surface area contributed by atoms with Gasteiger partial charge >= 0.3 is 0 Å². The highest BCUT2D eigenvalue weighted by Crippen LogP contribution is 2.34. The first-order chi connectivity index (χ1) is 12.1. The average Bonchev–Trinajstić information content (AvgIpc) is 2.78. The summed E-state index contributed by atoms with van der Waals surface area (Å²) < 4.78 is 13.0. The van der Waals surface area contributed by atoms with Gasteiger partial charge in [-0.2, -0.15) is 0 Å². The molecule has 4 rings (SSSR count). The molecule has 1 amide bonds. The summed E-state index contributed by atoms with van der Waals surface area (Å²) in [6.07, 6.45) is 1.78. The SMILES string of the molecule is Nc1c(C(=O)Nc2ccc(F)cc2)sc2nc3c(cc12)CCNCC3. The summed E-state index contributed by atoms with van der Waals surface area (Å²) in [5.74, 6) is -0.650. The van der Waals surface area contributed by atoms with Gasteiger partial charge in [0.05, 0.1) is 5.69 Å². The van der Waals surface area contributed by atoms with Crippen LogP contribution in [0.3, 0.4) is 0 Å². The number of nitrogens with two attached hydrogens (primary N) is 1. The van der Waals surface area contributed by atoms with Crippen LogP contribution in [0.1, 0.15) is 20.9 Å². The highest BCUT2D eigenvalue weighted by molar-refractivity contribution is 7.21. The van der Waals surface area contributed by atoms with Crippen LogP contribution in [0, 0.1) is 5.82 Å². The molecule has 3 heterocycles. The van der Waals surface area contributed by atoms with Gasteiger partial charge in [0.25, 0.3) is 5.91 Å². The van der Waals surface area contributed by atoms with Gasteiger partial charge in [0.1, 0.15) is 15.5 Å². The van der Waals surface area contributed by atoms with Crippen molar-refractivity contribution in [1.29, 1.82) is 0 Å². The summed E-state index contributed by atoms with van der Waals surface area (Å²) in [5, 5.41) is 6.94. The third-order valence-electron chi connectivity index (χ3n) is 4.31. The topological polar surface area (TPSA) is 80.0 Å². The predicted octanol–water partition coefficient (Wildman–Crippen LogP) is 2.96. The normalized spacial score (nSPS) is 14.1. The summed E-state index contributed by atoms with van der Waals surface area (Å²) in [7, 11) is 0. The van der Waals surface area contributed by atoms with Crippen LogP contribution in [0.4, 0.5) is 15.8 Å². The van der Waals surface area contributed by atoms with Crippen LogP contribution >= 0.6 is 11.3 Å². The fraction of sp³-hybridized carbons (Fsp3) is 0.222. The van der Waals surface area contributed by atoms with Crippen molar-refractivity contribution in [3.05, 3.63) is 52.3 Å². The average molecular weight is 356 g/mol. The number of thiophene rings is 1. The number of rotatable bonds is 2. The minimum atomic E-state index is -0.348.